The van der Waals surface area contributed by atoms with Crippen LogP contribution in [0.1, 0.15) is 61.1 Å². The number of ether oxygens (including phenoxy) is 1. The van der Waals surface area contributed by atoms with Crippen LogP contribution in [0.5, 0.6) is 0 Å². The molecular formula is C35H40N4O7. The zero-order chi connectivity index (χ0) is 32.4. The second-order valence-corrected chi connectivity index (χ2v) is 12.9. The van der Waals surface area contributed by atoms with Gasteiger partial charge in [0.25, 0.3) is 11.5 Å². The summed E-state index contributed by atoms with van der Waals surface area (Å²) in [5, 5.41) is 9.38. The Morgan fingerprint density at radius 2 is 1.74 bits per heavy atom. The summed E-state index contributed by atoms with van der Waals surface area (Å²) in [6.45, 7) is 1.61. The number of methoxy groups -OCH3 is 1. The lowest BCUT2D eigenvalue weighted by Gasteiger charge is -2.54. The number of nitrogens with zero attached hydrogens (tertiary/aromatic N) is 1. The number of amides is 3. The molecule has 0 unspecified atom stereocenters. The molecular weight excluding hydrogens is 588 g/mol. The van der Waals surface area contributed by atoms with Crippen molar-refractivity contribution in [3.05, 3.63) is 76.4 Å². The normalized spacial score (nSPS) is 23.7. The second-order valence-electron chi connectivity index (χ2n) is 12.9. The van der Waals surface area contributed by atoms with Crippen molar-refractivity contribution in [3.63, 3.8) is 0 Å². The number of carbonyl (C=O) groups excluding carboxylic acids is 4. The van der Waals surface area contributed by atoms with Gasteiger partial charge < -0.3 is 29.7 Å². The van der Waals surface area contributed by atoms with Crippen LogP contribution < -0.4 is 21.5 Å². The van der Waals surface area contributed by atoms with Crippen LogP contribution in [0.15, 0.2) is 64.0 Å². The zero-order valence-corrected chi connectivity index (χ0v) is 26.1. The van der Waals surface area contributed by atoms with Crippen molar-refractivity contribution in [2.24, 2.45) is 23.7 Å². The maximum Gasteiger partial charge on any atom is 0.330 e. The fourth-order valence-electron chi connectivity index (χ4n) is 7.92. The lowest BCUT2D eigenvalue weighted by atomic mass is 9.54. The van der Waals surface area contributed by atoms with Gasteiger partial charge in [-0.2, -0.15) is 0 Å². The van der Waals surface area contributed by atoms with Crippen molar-refractivity contribution in [1.29, 1.82) is 0 Å². The van der Waals surface area contributed by atoms with Crippen LogP contribution in [0.4, 0.5) is 5.69 Å². The second kappa shape index (κ2) is 13.4. The molecule has 4 aliphatic rings. The summed E-state index contributed by atoms with van der Waals surface area (Å²) < 4.78 is 11.7. The zero-order valence-electron chi connectivity index (χ0n) is 26.1. The molecule has 3 amide bonds. The molecule has 11 nitrogen and oxygen atoms in total. The van der Waals surface area contributed by atoms with Gasteiger partial charge in [-0.3, -0.25) is 19.2 Å². The molecule has 4 bridgehead atoms. The van der Waals surface area contributed by atoms with Crippen molar-refractivity contribution < 1.29 is 28.3 Å². The number of esters is 1. The topological polar surface area (TPSA) is 149 Å². The Bertz CT molecular complexity index is 1710. The van der Waals surface area contributed by atoms with Gasteiger partial charge in [-0.25, -0.2) is 4.79 Å². The van der Waals surface area contributed by atoms with Gasteiger partial charge in [-0.15, -0.1) is 0 Å². The van der Waals surface area contributed by atoms with Gasteiger partial charge in [0.15, 0.2) is 5.76 Å². The number of rotatable bonds is 11. The lowest BCUT2D eigenvalue weighted by molar-refractivity contribution is -0.134. The molecule has 1 atom stereocenters. The Labute approximate surface area is 266 Å². The van der Waals surface area contributed by atoms with Crippen LogP contribution in [-0.4, -0.2) is 47.5 Å². The van der Waals surface area contributed by atoms with Gasteiger partial charge in [0.05, 0.1) is 7.11 Å². The predicted molar refractivity (Wildman–Crippen MR) is 171 cm³/mol. The lowest BCUT2D eigenvalue weighted by Crippen LogP contribution is -2.56. The minimum Gasteiger partial charge on any atom is -0.466 e. The number of aromatic nitrogens is 1. The van der Waals surface area contributed by atoms with E-state index >= 15 is 0 Å². The van der Waals surface area contributed by atoms with E-state index in [0.29, 0.717) is 23.0 Å². The number of pyridine rings is 1. The van der Waals surface area contributed by atoms with Crippen LogP contribution in [0.25, 0.3) is 11.0 Å². The number of hydrogen-bond donors (Lipinski definition) is 3. The smallest absolute Gasteiger partial charge is 0.330 e. The highest BCUT2D eigenvalue weighted by atomic mass is 16.5. The Morgan fingerprint density at radius 1 is 1.02 bits per heavy atom. The first-order chi connectivity index (χ1) is 22.2. The number of nitrogens with one attached hydrogen (secondary N) is 3. The molecule has 0 saturated heterocycles. The van der Waals surface area contributed by atoms with E-state index in [1.54, 1.807) is 31.2 Å². The maximum absolute atomic E-state index is 13.5. The predicted octanol–water partition coefficient (Wildman–Crippen LogP) is 4.09. The highest BCUT2D eigenvalue weighted by molar-refractivity contribution is 6.03. The summed E-state index contributed by atoms with van der Waals surface area (Å²) in [6, 6.07) is 9.39. The van der Waals surface area contributed by atoms with Crippen LogP contribution in [0, 0.1) is 30.6 Å². The highest BCUT2D eigenvalue weighted by Crippen LogP contribution is 2.53. The average molecular weight is 629 g/mol. The number of furan rings is 1. The van der Waals surface area contributed by atoms with Crippen LogP contribution in [0.2, 0.25) is 0 Å². The molecule has 4 fully saturated rings. The van der Waals surface area contributed by atoms with Crippen molar-refractivity contribution in [2.75, 3.05) is 12.4 Å². The van der Waals surface area contributed by atoms with E-state index in [1.165, 1.54) is 62.1 Å². The SMILES string of the molecule is COC(=O)/C=C/CC[C@H](NC(=O)c1oc2ccccc2c1C)C(=O)Nc1cccn(CC(=O)NC2C3CC4CC(C3)CC2C4)c1=O. The molecule has 4 aliphatic carbocycles. The van der Waals surface area contributed by atoms with E-state index in [0.717, 1.165) is 17.2 Å². The summed E-state index contributed by atoms with van der Waals surface area (Å²) in [5.41, 5.74) is 0.638. The molecule has 3 aromatic rings. The van der Waals surface area contributed by atoms with Crippen molar-refractivity contribution >= 4 is 40.3 Å². The molecule has 11 heteroatoms. The first kappa shape index (κ1) is 31.3. The van der Waals surface area contributed by atoms with E-state index in [4.69, 9.17) is 4.42 Å². The van der Waals surface area contributed by atoms with Crippen molar-refractivity contribution in [2.45, 2.75) is 70.5 Å². The van der Waals surface area contributed by atoms with Gasteiger partial charge in [-0.1, -0.05) is 24.3 Å². The summed E-state index contributed by atoms with van der Waals surface area (Å²) in [4.78, 5) is 64.8. The third-order valence-corrected chi connectivity index (χ3v) is 9.90. The summed E-state index contributed by atoms with van der Waals surface area (Å²) in [6.07, 6.45) is 10.7. The van der Waals surface area contributed by atoms with Gasteiger partial charge >= 0.3 is 5.97 Å². The molecule has 4 saturated carbocycles. The van der Waals surface area contributed by atoms with E-state index < -0.39 is 29.4 Å². The fraction of sp³-hybridized carbons (Fsp3) is 0.457. The molecule has 2 heterocycles. The summed E-state index contributed by atoms with van der Waals surface area (Å²) in [5.74, 6) is 0.723. The number of aryl methyl sites for hydroxylation is 1. The minimum atomic E-state index is -1.07. The fourth-order valence-corrected chi connectivity index (χ4v) is 7.92. The first-order valence-electron chi connectivity index (χ1n) is 16.0. The first-order valence-corrected chi connectivity index (χ1v) is 16.0. The van der Waals surface area contributed by atoms with Crippen LogP contribution in [0.3, 0.4) is 0 Å². The monoisotopic (exact) mass is 628 g/mol. The number of allylic oxidation sites excluding steroid dienone is 1. The molecule has 7 rings (SSSR count). The van der Waals surface area contributed by atoms with Gasteiger partial charge in [0.2, 0.25) is 11.8 Å². The largest absolute Gasteiger partial charge is 0.466 e. The number of carbonyl (C=O) groups is 4. The molecule has 0 radical (unpaired) electrons. The van der Waals surface area contributed by atoms with Gasteiger partial charge in [-0.05, 0) is 93.7 Å². The van der Waals surface area contributed by atoms with E-state index in [-0.39, 0.29) is 42.8 Å². The molecule has 1 aromatic carbocycles. The number of benzene rings is 1. The number of hydrogen-bond acceptors (Lipinski definition) is 7. The summed E-state index contributed by atoms with van der Waals surface area (Å²) >= 11 is 0. The summed E-state index contributed by atoms with van der Waals surface area (Å²) in [7, 11) is 1.26. The number of anilines is 1. The number of para-hydroxylation sites is 1. The van der Waals surface area contributed by atoms with E-state index in [2.05, 4.69) is 20.7 Å². The Balaban J connectivity index is 1.13. The molecule has 0 aliphatic heterocycles. The Hall–Kier alpha value is -4.67. The van der Waals surface area contributed by atoms with E-state index in [1.807, 2.05) is 12.1 Å². The maximum atomic E-state index is 13.5. The third-order valence-electron chi connectivity index (χ3n) is 9.90. The standard InChI is InChI=1S/C35H40N4O7/c1-20-25-8-3-5-11-28(25)46-32(20)34(43)36-26(9-4-6-12-30(41)45-2)33(42)37-27-10-7-13-39(35(27)44)19-29(40)38-31-23-15-21-14-22(17-23)18-24(31)16-21/h3,5-8,10-13,21-24,26,31H,4,9,14-19H2,1-2H3,(H,36,43)(H,37,42)(H,38,40)/b12-6+/t21?,22?,23?,24?,26-,31?/m0/s1. The average Bonchev–Trinajstić information content (AvgIpc) is 3.38. The highest BCUT2D eigenvalue weighted by Gasteiger charge is 2.48. The van der Waals surface area contributed by atoms with Crippen molar-refractivity contribution in [3.8, 4) is 0 Å². The molecule has 0 spiro atoms. The van der Waals surface area contributed by atoms with Gasteiger partial charge in [0, 0.05) is 29.3 Å². The number of fused-ring (bicyclic) bond motifs is 1. The Morgan fingerprint density at radius 3 is 2.43 bits per heavy atom. The molecule has 242 valence electrons. The van der Waals surface area contributed by atoms with E-state index in [9.17, 15) is 24.0 Å². The molecule has 3 N–H and O–H groups in total. The quantitative estimate of drug-likeness (QED) is 0.214. The minimum absolute atomic E-state index is 0.0146. The van der Waals surface area contributed by atoms with Crippen LogP contribution in [-0.2, 0) is 25.7 Å². The third kappa shape index (κ3) is 6.63. The van der Waals surface area contributed by atoms with Crippen LogP contribution >= 0.6 is 0 Å². The van der Waals surface area contributed by atoms with Crippen molar-refractivity contribution in [1.82, 2.24) is 15.2 Å². The molecule has 46 heavy (non-hydrogen) atoms. The molecule has 2 aromatic heterocycles. The van der Waals surface area contributed by atoms with Gasteiger partial charge in [0.1, 0.15) is 23.9 Å². The Kier molecular flexibility index (Phi) is 9.10.